The largest absolute Gasteiger partial charge is 0.344 e. The van der Waals surface area contributed by atoms with Crippen LogP contribution in [0, 0.1) is 18.7 Å². The molecule has 2 atom stereocenters. The summed E-state index contributed by atoms with van der Waals surface area (Å²) < 4.78 is 28.2. The molecule has 0 aromatic heterocycles. The third-order valence-corrected chi connectivity index (χ3v) is 5.32. The van der Waals surface area contributed by atoms with Crippen molar-refractivity contribution >= 4 is 17.5 Å². The summed E-state index contributed by atoms with van der Waals surface area (Å²) in [6, 6.07) is 11.4. The monoisotopic (exact) mass is 386 g/mol. The number of likely N-dealkylation sites (N-methyl/N-ethyl adjacent to an activating group) is 1. The van der Waals surface area contributed by atoms with Gasteiger partial charge in [0.25, 0.3) is 0 Å². The molecule has 0 radical (unpaired) electrons. The highest BCUT2D eigenvalue weighted by molar-refractivity contribution is 6.08. The van der Waals surface area contributed by atoms with Gasteiger partial charge in [-0.05, 0) is 44.0 Å². The van der Waals surface area contributed by atoms with Crippen molar-refractivity contribution in [3.05, 3.63) is 65.0 Å². The van der Waals surface area contributed by atoms with Gasteiger partial charge in [-0.25, -0.2) is 8.78 Å². The lowest BCUT2D eigenvalue weighted by atomic mass is 9.85. The number of likely N-dealkylation sites (tertiary alicyclic amines) is 1. The summed E-state index contributed by atoms with van der Waals surface area (Å²) >= 11 is 0. The van der Waals surface area contributed by atoms with Gasteiger partial charge in [0, 0.05) is 30.8 Å². The van der Waals surface area contributed by atoms with E-state index in [1.165, 1.54) is 30.9 Å². The van der Waals surface area contributed by atoms with Crippen LogP contribution in [0.25, 0.3) is 0 Å². The quantitative estimate of drug-likeness (QED) is 0.803. The molecule has 0 spiro atoms. The van der Waals surface area contributed by atoms with Gasteiger partial charge in [0.05, 0.1) is 0 Å². The van der Waals surface area contributed by atoms with Crippen molar-refractivity contribution in [2.75, 3.05) is 18.9 Å². The van der Waals surface area contributed by atoms with E-state index < -0.39 is 29.2 Å². The number of alkyl halides is 1. The highest BCUT2D eigenvalue weighted by atomic mass is 19.1. The summed E-state index contributed by atoms with van der Waals surface area (Å²) in [6.07, 6.45) is 0. The minimum Gasteiger partial charge on any atom is -0.344 e. The Bertz CT molecular complexity index is 921. The fourth-order valence-corrected chi connectivity index (χ4v) is 3.59. The summed E-state index contributed by atoms with van der Waals surface area (Å²) in [5.41, 5.74) is 0.349. The Balaban J connectivity index is 1.93. The number of hydrogen-bond acceptors (Lipinski definition) is 2. The fraction of sp³-hybridized carbons (Fsp3) is 0.364. The molecule has 1 aliphatic heterocycles. The summed E-state index contributed by atoms with van der Waals surface area (Å²) in [7, 11) is 1.64. The SMILES string of the molecule is Cc1c(F)cccc1NC(=O)C1C(=O)N(C)C[C@H]1c1cccc(C(C)(C)F)c1. The second kappa shape index (κ2) is 7.34. The number of halogens is 2. The molecule has 0 aliphatic carbocycles. The maximum atomic E-state index is 14.4. The minimum atomic E-state index is -1.53. The molecule has 4 nitrogen and oxygen atoms in total. The molecule has 1 unspecified atom stereocenters. The molecule has 1 saturated heterocycles. The Kier molecular flexibility index (Phi) is 5.24. The van der Waals surface area contributed by atoms with Crippen LogP contribution in [-0.2, 0) is 15.3 Å². The molecule has 0 bridgehead atoms. The van der Waals surface area contributed by atoms with Crippen LogP contribution >= 0.6 is 0 Å². The van der Waals surface area contributed by atoms with Crippen LogP contribution < -0.4 is 5.32 Å². The number of anilines is 1. The van der Waals surface area contributed by atoms with Gasteiger partial charge in [-0.1, -0.05) is 30.3 Å². The molecule has 2 amide bonds. The van der Waals surface area contributed by atoms with Crippen molar-refractivity contribution in [1.82, 2.24) is 4.90 Å². The van der Waals surface area contributed by atoms with Crippen LogP contribution in [-0.4, -0.2) is 30.3 Å². The van der Waals surface area contributed by atoms with Crippen LogP contribution in [0.4, 0.5) is 14.5 Å². The van der Waals surface area contributed by atoms with Gasteiger partial charge >= 0.3 is 0 Å². The third-order valence-electron chi connectivity index (χ3n) is 5.32. The van der Waals surface area contributed by atoms with Gasteiger partial charge in [0.15, 0.2) is 0 Å². The molecule has 1 heterocycles. The van der Waals surface area contributed by atoms with Crippen molar-refractivity contribution in [1.29, 1.82) is 0 Å². The molecular weight excluding hydrogens is 362 g/mol. The first kappa shape index (κ1) is 20.0. The Morgan fingerprint density at radius 1 is 1.21 bits per heavy atom. The van der Waals surface area contributed by atoms with Gasteiger partial charge in [0.1, 0.15) is 17.4 Å². The Hall–Kier alpha value is -2.76. The number of carbonyl (C=O) groups excluding carboxylic acids is 2. The van der Waals surface area contributed by atoms with E-state index in [0.29, 0.717) is 23.4 Å². The van der Waals surface area contributed by atoms with E-state index in [9.17, 15) is 18.4 Å². The number of hydrogen-bond donors (Lipinski definition) is 1. The van der Waals surface area contributed by atoms with Gasteiger partial charge < -0.3 is 10.2 Å². The van der Waals surface area contributed by atoms with Crippen molar-refractivity contribution < 1.29 is 18.4 Å². The number of amides is 2. The molecule has 1 fully saturated rings. The summed E-state index contributed by atoms with van der Waals surface area (Å²) in [5, 5.41) is 2.69. The number of rotatable bonds is 4. The molecule has 2 aromatic rings. The van der Waals surface area contributed by atoms with E-state index in [4.69, 9.17) is 0 Å². The second-order valence-corrected chi connectivity index (χ2v) is 7.80. The molecule has 148 valence electrons. The first-order valence-corrected chi connectivity index (χ1v) is 9.20. The van der Waals surface area contributed by atoms with Gasteiger partial charge in [-0.2, -0.15) is 0 Å². The molecular formula is C22H24F2N2O2. The Labute approximate surface area is 163 Å². The zero-order chi connectivity index (χ0) is 20.6. The average molecular weight is 386 g/mol. The molecule has 28 heavy (non-hydrogen) atoms. The maximum absolute atomic E-state index is 14.4. The number of benzene rings is 2. The lowest BCUT2D eigenvalue weighted by molar-refractivity contribution is -0.135. The van der Waals surface area contributed by atoms with Crippen molar-refractivity contribution in [2.45, 2.75) is 32.4 Å². The van der Waals surface area contributed by atoms with Crippen molar-refractivity contribution in [3.63, 3.8) is 0 Å². The standard InChI is InChI=1S/C22H24F2N2O2/c1-13-17(23)9-6-10-18(13)25-20(27)19-16(12-26(4)21(19)28)14-7-5-8-15(11-14)22(2,3)24/h5-11,16,19H,12H2,1-4H3,(H,25,27)/t16-,19?/m0/s1. The smallest absolute Gasteiger partial charge is 0.237 e. The average Bonchev–Trinajstić information content (AvgIpc) is 2.93. The van der Waals surface area contributed by atoms with E-state index >= 15 is 0 Å². The van der Waals surface area contributed by atoms with E-state index in [1.54, 1.807) is 44.3 Å². The lowest BCUT2D eigenvalue weighted by Crippen LogP contribution is -2.33. The third kappa shape index (κ3) is 3.77. The minimum absolute atomic E-state index is 0.304. The van der Waals surface area contributed by atoms with Gasteiger partial charge in [-0.3, -0.25) is 9.59 Å². The van der Waals surface area contributed by atoms with Crippen LogP contribution in [0.15, 0.2) is 42.5 Å². The topological polar surface area (TPSA) is 49.4 Å². The number of nitrogens with zero attached hydrogens (tertiary/aromatic N) is 1. The zero-order valence-electron chi connectivity index (χ0n) is 16.4. The first-order valence-electron chi connectivity index (χ1n) is 9.20. The van der Waals surface area contributed by atoms with Crippen LogP contribution in [0.5, 0.6) is 0 Å². The molecule has 2 aromatic carbocycles. The summed E-state index contributed by atoms with van der Waals surface area (Å²) in [5.74, 6) is -2.58. The predicted octanol–water partition coefficient (Wildman–Crippen LogP) is 4.15. The molecule has 0 saturated carbocycles. The fourth-order valence-electron chi connectivity index (χ4n) is 3.59. The summed E-state index contributed by atoms with van der Waals surface area (Å²) in [6.45, 7) is 4.86. The Morgan fingerprint density at radius 2 is 1.89 bits per heavy atom. The maximum Gasteiger partial charge on any atom is 0.237 e. The first-order chi connectivity index (χ1) is 13.1. The summed E-state index contributed by atoms with van der Waals surface area (Å²) in [4.78, 5) is 27.1. The van der Waals surface area contributed by atoms with Crippen LogP contribution in [0.1, 0.15) is 36.5 Å². The molecule has 6 heteroatoms. The van der Waals surface area contributed by atoms with Crippen LogP contribution in [0.3, 0.4) is 0 Å². The number of nitrogens with one attached hydrogen (secondary N) is 1. The highest BCUT2D eigenvalue weighted by Crippen LogP contribution is 2.36. The second-order valence-electron chi connectivity index (χ2n) is 7.80. The van der Waals surface area contributed by atoms with E-state index in [1.807, 2.05) is 0 Å². The van der Waals surface area contributed by atoms with Gasteiger partial charge in [0.2, 0.25) is 11.8 Å². The van der Waals surface area contributed by atoms with Crippen LogP contribution in [0.2, 0.25) is 0 Å². The molecule has 1 N–H and O–H groups in total. The lowest BCUT2D eigenvalue weighted by Gasteiger charge is -2.21. The molecule has 1 aliphatic rings. The van der Waals surface area contributed by atoms with Crippen molar-refractivity contribution in [2.24, 2.45) is 5.92 Å². The predicted molar refractivity (Wildman–Crippen MR) is 104 cm³/mol. The van der Waals surface area contributed by atoms with E-state index in [0.717, 1.165) is 5.56 Å². The Morgan fingerprint density at radius 3 is 2.57 bits per heavy atom. The normalized spacial score (nSPS) is 19.8. The van der Waals surface area contributed by atoms with E-state index in [2.05, 4.69) is 5.32 Å². The van der Waals surface area contributed by atoms with Gasteiger partial charge in [-0.15, -0.1) is 0 Å². The van der Waals surface area contributed by atoms with Crippen molar-refractivity contribution in [3.8, 4) is 0 Å². The zero-order valence-corrected chi connectivity index (χ0v) is 16.4. The molecule has 3 rings (SSSR count). The number of carbonyl (C=O) groups is 2. The highest BCUT2D eigenvalue weighted by Gasteiger charge is 2.44. The van der Waals surface area contributed by atoms with E-state index in [-0.39, 0.29) is 5.91 Å².